The first-order valence-electron chi connectivity index (χ1n) is 10.5. The lowest BCUT2D eigenvalue weighted by Crippen LogP contribution is -2.49. The molecule has 2 heterocycles. The molecular weight excluding hydrogens is 388 g/mol. The van der Waals surface area contributed by atoms with Gasteiger partial charge in [-0.05, 0) is 23.3 Å². The monoisotopic (exact) mass is 414 g/mol. The number of nitrogens with one attached hydrogen (secondary N) is 1. The van der Waals surface area contributed by atoms with E-state index in [1.165, 1.54) is 18.1 Å². The van der Waals surface area contributed by atoms with Crippen LogP contribution in [-0.4, -0.2) is 52.8 Å². The van der Waals surface area contributed by atoms with Crippen molar-refractivity contribution in [3.63, 3.8) is 0 Å². The predicted octanol–water partition coefficient (Wildman–Crippen LogP) is 3.59. The highest BCUT2D eigenvalue weighted by molar-refractivity contribution is 5.96. The summed E-state index contributed by atoms with van der Waals surface area (Å²) >= 11 is 0. The Balaban J connectivity index is 1.48. The molecule has 2 amide bonds. The predicted molar refractivity (Wildman–Crippen MR) is 121 cm³/mol. The minimum absolute atomic E-state index is 0.0374. The van der Waals surface area contributed by atoms with Crippen LogP contribution in [0, 0.1) is 0 Å². The second-order valence-electron chi connectivity index (χ2n) is 7.66. The third kappa shape index (κ3) is 4.98. The lowest BCUT2D eigenvalue weighted by atomic mass is 9.96. The number of aromatic nitrogens is 1. The molecule has 1 N–H and O–H groups in total. The Morgan fingerprint density at radius 3 is 2.00 bits per heavy atom. The van der Waals surface area contributed by atoms with Gasteiger partial charge in [0.2, 0.25) is 5.91 Å². The maximum Gasteiger partial charge on any atom is 0.254 e. The molecule has 158 valence electrons. The second kappa shape index (κ2) is 9.53. The second-order valence-corrected chi connectivity index (χ2v) is 7.66. The number of carbonyl (C=O) groups is 2. The van der Waals surface area contributed by atoms with E-state index in [0.29, 0.717) is 24.5 Å². The molecule has 1 aromatic heterocycles. The molecule has 0 unspecified atom stereocenters. The van der Waals surface area contributed by atoms with E-state index in [1.807, 2.05) is 17.0 Å². The standard InChI is InChI=1S/C25H26N4O2/c1-19(30)27-23-18-22(12-13-26-23)25(31)29-16-14-28(15-17-29)24(20-8-4-2-5-9-20)21-10-6-3-7-11-21/h2-13,18,24H,14-17H2,1H3,(H,26,27,30). The molecule has 1 aliphatic rings. The molecule has 6 nitrogen and oxygen atoms in total. The molecule has 0 radical (unpaired) electrons. The number of amides is 2. The molecule has 6 heteroatoms. The van der Waals surface area contributed by atoms with Crippen molar-refractivity contribution in [1.29, 1.82) is 0 Å². The fourth-order valence-corrected chi connectivity index (χ4v) is 4.06. The molecule has 1 fully saturated rings. The van der Waals surface area contributed by atoms with Crippen molar-refractivity contribution in [2.45, 2.75) is 13.0 Å². The van der Waals surface area contributed by atoms with Crippen molar-refractivity contribution in [2.75, 3.05) is 31.5 Å². The summed E-state index contributed by atoms with van der Waals surface area (Å²) in [5, 5.41) is 2.63. The number of carbonyl (C=O) groups excluding carboxylic acids is 2. The summed E-state index contributed by atoms with van der Waals surface area (Å²) in [7, 11) is 0. The third-order valence-corrected chi connectivity index (χ3v) is 5.51. The molecule has 2 aromatic carbocycles. The molecule has 0 bridgehead atoms. The molecule has 0 aliphatic carbocycles. The molecular formula is C25H26N4O2. The van der Waals surface area contributed by atoms with Gasteiger partial charge in [-0.2, -0.15) is 0 Å². The Labute approximate surface area is 182 Å². The molecule has 0 atom stereocenters. The van der Waals surface area contributed by atoms with Crippen molar-refractivity contribution in [1.82, 2.24) is 14.8 Å². The van der Waals surface area contributed by atoms with E-state index in [-0.39, 0.29) is 17.9 Å². The number of pyridine rings is 1. The SMILES string of the molecule is CC(=O)Nc1cc(C(=O)N2CCN(C(c3ccccc3)c3ccccc3)CC2)ccn1. The van der Waals surface area contributed by atoms with Gasteiger partial charge in [-0.25, -0.2) is 4.98 Å². The zero-order valence-corrected chi connectivity index (χ0v) is 17.6. The fourth-order valence-electron chi connectivity index (χ4n) is 4.06. The lowest BCUT2D eigenvalue weighted by molar-refractivity contribution is -0.114. The van der Waals surface area contributed by atoms with E-state index in [4.69, 9.17) is 0 Å². The van der Waals surface area contributed by atoms with Crippen LogP contribution in [0.1, 0.15) is 34.5 Å². The summed E-state index contributed by atoms with van der Waals surface area (Å²) in [6, 6.07) is 24.5. The highest BCUT2D eigenvalue weighted by Crippen LogP contribution is 2.29. The van der Waals surface area contributed by atoms with Crippen LogP contribution in [0.5, 0.6) is 0 Å². The first-order valence-corrected chi connectivity index (χ1v) is 10.5. The zero-order chi connectivity index (χ0) is 21.6. The molecule has 31 heavy (non-hydrogen) atoms. The lowest BCUT2D eigenvalue weighted by Gasteiger charge is -2.39. The Bertz CT molecular complexity index is 992. The maximum atomic E-state index is 13.0. The Morgan fingerprint density at radius 1 is 0.871 bits per heavy atom. The summed E-state index contributed by atoms with van der Waals surface area (Å²) in [6.07, 6.45) is 1.55. The number of nitrogens with zero attached hydrogens (tertiary/aromatic N) is 3. The Hall–Kier alpha value is -3.51. The van der Waals surface area contributed by atoms with Crippen LogP contribution < -0.4 is 5.32 Å². The van der Waals surface area contributed by atoms with E-state index < -0.39 is 0 Å². The topological polar surface area (TPSA) is 65.5 Å². The maximum absolute atomic E-state index is 13.0. The minimum atomic E-state index is -0.210. The van der Waals surface area contributed by atoms with E-state index in [0.717, 1.165) is 13.1 Å². The highest BCUT2D eigenvalue weighted by Gasteiger charge is 2.28. The average molecular weight is 415 g/mol. The number of rotatable bonds is 5. The van der Waals surface area contributed by atoms with Crippen LogP contribution in [0.3, 0.4) is 0 Å². The Kier molecular flexibility index (Phi) is 6.38. The summed E-state index contributed by atoms with van der Waals surface area (Å²) in [6.45, 7) is 4.28. The fraction of sp³-hybridized carbons (Fsp3) is 0.240. The van der Waals surface area contributed by atoms with E-state index in [1.54, 1.807) is 18.3 Å². The van der Waals surface area contributed by atoms with Crippen molar-refractivity contribution >= 4 is 17.6 Å². The van der Waals surface area contributed by atoms with Crippen LogP contribution >= 0.6 is 0 Å². The van der Waals surface area contributed by atoms with E-state index >= 15 is 0 Å². The highest BCUT2D eigenvalue weighted by atomic mass is 16.2. The molecule has 0 saturated carbocycles. The van der Waals surface area contributed by atoms with E-state index in [2.05, 4.69) is 63.7 Å². The summed E-state index contributed by atoms with van der Waals surface area (Å²) in [4.78, 5) is 32.7. The van der Waals surface area contributed by atoms with Gasteiger partial charge in [0.05, 0.1) is 6.04 Å². The van der Waals surface area contributed by atoms with Gasteiger partial charge in [0, 0.05) is 44.9 Å². The summed E-state index contributed by atoms with van der Waals surface area (Å²) in [5.41, 5.74) is 3.04. The average Bonchev–Trinajstić information content (AvgIpc) is 2.80. The van der Waals surface area contributed by atoms with Crippen molar-refractivity contribution in [2.24, 2.45) is 0 Å². The van der Waals surface area contributed by atoms with Gasteiger partial charge in [0.1, 0.15) is 5.82 Å². The largest absolute Gasteiger partial charge is 0.336 e. The number of hydrogen-bond acceptors (Lipinski definition) is 4. The quantitative estimate of drug-likeness (QED) is 0.693. The number of anilines is 1. The normalized spacial score (nSPS) is 14.5. The van der Waals surface area contributed by atoms with Gasteiger partial charge < -0.3 is 10.2 Å². The van der Waals surface area contributed by atoms with Crippen molar-refractivity contribution < 1.29 is 9.59 Å². The van der Waals surface area contributed by atoms with Crippen LogP contribution in [0.4, 0.5) is 5.82 Å². The van der Waals surface area contributed by atoms with Gasteiger partial charge in [-0.1, -0.05) is 60.7 Å². The number of hydrogen-bond donors (Lipinski definition) is 1. The van der Waals surface area contributed by atoms with E-state index in [9.17, 15) is 9.59 Å². The van der Waals surface area contributed by atoms with Gasteiger partial charge >= 0.3 is 0 Å². The van der Waals surface area contributed by atoms with Gasteiger partial charge in [0.15, 0.2) is 0 Å². The molecule has 4 rings (SSSR count). The smallest absolute Gasteiger partial charge is 0.254 e. The summed E-state index contributed by atoms with van der Waals surface area (Å²) < 4.78 is 0. The number of piperazine rings is 1. The molecule has 0 spiro atoms. The van der Waals surface area contributed by atoms with Crippen LogP contribution in [0.15, 0.2) is 79.0 Å². The van der Waals surface area contributed by atoms with Crippen molar-refractivity contribution in [3.8, 4) is 0 Å². The first-order chi connectivity index (χ1) is 15.1. The van der Waals surface area contributed by atoms with Gasteiger partial charge in [0.25, 0.3) is 5.91 Å². The summed E-state index contributed by atoms with van der Waals surface area (Å²) in [5.74, 6) is 0.147. The third-order valence-electron chi connectivity index (χ3n) is 5.51. The first kappa shape index (κ1) is 20.8. The molecule has 3 aromatic rings. The molecule has 1 saturated heterocycles. The van der Waals surface area contributed by atoms with Crippen molar-refractivity contribution in [3.05, 3.63) is 95.7 Å². The number of benzene rings is 2. The Morgan fingerprint density at radius 2 is 1.45 bits per heavy atom. The van der Waals surface area contributed by atoms with Crippen LogP contribution in [-0.2, 0) is 4.79 Å². The van der Waals surface area contributed by atoms with Gasteiger partial charge in [-0.3, -0.25) is 14.5 Å². The van der Waals surface area contributed by atoms with Crippen LogP contribution in [0.2, 0.25) is 0 Å². The van der Waals surface area contributed by atoms with Gasteiger partial charge in [-0.15, -0.1) is 0 Å². The zero-order valence-electron chi connectivity index (χ0n) is 17.6. The van der Waals surface area contributed by atoms with Crippen LogP contribution in [0.25, 0.3) is 0 Å². The minimum Gasteiger partial charge on any atom is -0.336 e. The molecule has 1 aliphatic heterocycles.